The van der Waals surface area contributed by atoms with Gasteiger partial charge in [-0.3, -0.25) is 14.0 Å². The molecule has 6 aromatic rings. The quantitative estimate of drug-likeness (QED) is 0.424. The maximum atomic E-state index is 7.09. The van der Waals surface area contributed by atoms with Crippen molar-refractivity contribution >= 4 is 32.7 Å². The van der Waals surface area contributed by atoms with Crippen LogP contribution in [-0.2, 0) is 27.6 Å². The summed E-state index contributed by atoms with van der Waals surface area (Å²) in [6.07, 6.45) is 0.661. The first-order valence-corrected chi connectivity index (χ1v) is 11.5. The molecule has 7 nitrogen and oxygen atoms in total. The number of para-hydroxylation sites is 3. The second-order valence-electron chi connectivity index (χ2n) is 8.98. The molecule has 3 aromatic carbocycles. The van der Waals surface area contributed by atoms with Crippen molar-refractivity contribution in [3.05, 3.63) is 89.9 Å². The molecule has 0 aliphatic carbocycles. The van der Waals surface area contributed by atoms with Crippen molar-refractivity contribution in [1.82, 2.24) is 29.3 Å². The second-order valence-corrected chi connectivity index (χ2v) is 8.98. The van der Waals surface area contributed by atoms with E-state index in [-0.39, 0.29) is 12.0 Å². The number of rotatable bonds is 5. The summed E-state index contributed by atoms with van der Waals surface area (Å²) >= 11 is 0. The predicted molar refractivity (Wildman–Crippen MR) is 136 cm³/mol. The number of nitrogens with zero attached hydrogens (tertiary/aromatic N) is 6. The first kappa shape index (κ1) is 20.6. The van der Waals surface area contributed by atoms with E-state index in [1.807, 2.05) is 59.5 Å². The normalized spacial score (nSPS) is 13.8. The second kappa shape index (κ2) is 7.81. The Labute approximate surface area is 197 Å². The fourth-order valence-electron chi connectivity index (χ4n) is 5.24. The van der Waals surface area contributed by atoms with Crippen molar-refractivity contribution in [3.8, 4) is 0 Å². The molecule has 0 aliphatic rings. The topological polar surface area (TPSA) is 79.5 Å². The van der Waals surface area contributed by atoms with Crippen LogP contribution in [0.4, 0.5) is 0 Å². The number of aromatic nitrogens is 6. The minimum atomic E-state index is -0.356. The highest BCUT2D eigenvalue weighted by Crippen LogP contribution is 2.38. The largest absolute Gasteiger partial charge is 0.322 e. The summed E-state index contributed by atoms with van der Waals surface area (Å²) in [5.41, 5.74) is 13.3. The van der Waals surface area contributed by atoms with Gasteiger partial charge < -0.3 is 5.73 Å². The lowest BCUT2D eigenvalue weighted by molar-refractivity contribution is 0.512. The van der Waals surface area contributed by atoms with E-state index < -0.39 is 0 Å². The summed E-state index contributed by atoms with van der Waals surface area (Å²) in [5.74, 6) is -0.109. The Kier molecular flexibility index (Phi) is 4.74. The number of fused-ring (bicyclic) bond motifs is 3. The van der Waals surface area contributed by atoms with E-state index in [1.54, 1.807) is 0 Å². The summed E-state index contributed by atoms with van der Waals surface area (Å²) in [7, 11) is 5.94. The Morgan fingerprint density at radius 3 is 1.68 bits per heavy atom. The molecule has 2 N–H and O–H groups in total. The summed E-state index contributed by atoms with van der Waals surface area (Å²) in [4.78, 5) is 0. The van der Waals surface area contributed by atoms with Gasteiger partial charge in [0.25, 0.3) is 0 Å². The van der Waals surface area contributed by atoms with Crippen molar-refractivity contribution in [2.45, 2.75) is 18.4 Å². The third kappa shape index (κ3) is 3.12. The molecule has 0 fully saturated rings. The lowest BCUT2D eigenvalue weighted by atomic mass is 9.86. The van der Waals surface area contributed by atoms with Crippen molar-refractivity contribution in [1.29, 1.82) is 0 Å². The molecule has 34 heavy (non-hydrogen) atoms. The number of hydrogen-bond acceptors (Lipinski definition) is 4. The first-order chi connectivity index (χ1) is 16.5. The van der Waals surface area contributed by atoms with Gasteiger partial charge in [-0.2, -0.15) is 15.3 Å². The molecule has 0 bridgehead atoms. The maximum Gasteiger partial charge on any atom is 0.0877 e. The van der Waals surface area contributed by atoms with Gasteiger partial charge in [0, 0.05) is 49.6 Å². The molecular formula is C27H27N7. The molecule has 3 heterocycles. The molecule has 0 radical (unpaired) electrons. The van der Waals surface area contributed by atoms with Crippen LogP contribution in [0.15, 0.2) is 72.8 Å². The average Bonchev–Trinajstić information content (AvgIpc) is 3.49. The van der Waals surface area contributed by atoms with E-state index in [2.05, 4.69) is 48.5 Å². The van der Waals surface area contributed by atoms with E-state index in [9.17, 15) is 0 Å². The molecule has 0 saturated carbocycles. The van der Waals surface area contributed by atoms with Crippen molar-refractivity contribution < 1.29 is 0 Å². The van der Waals surface area contributed by atoms with Crippen LogP contribution >= 0.6 is 0 Å². The third-order valence-corrected chi connectivity index (χ3v) is 6.92. The van der Waals surface area contributed by atoms with Gasteiger partial charge in [0.2, 0.25) is 0 Å². The Morgan fingerprint density at radius 2 is 1.06 bits per heavy atom. The zero-order valence-corrected chi connectivity index (χ0v) is 19.6. The lowest BCUT2D eigenvalue weighted by Gasteiger charge is -2.21. The number of nitrogens with two attached hydrogens (primary N) is 1. The molecule has 0 aliphatic heterocycles. The number of aryl methyl sites for hydroxylation is 3. The molecule has 170 valence electrons. The van der Waals surface area contributed by atoms with Gasteiger partial charge in [0.15, 0.2) is 0 Å². The van der Waals surface area contributed by atoms with Gasteiger partial charge in [0.1, 0.15) is 0 Å². The molecule has 0 amide bonds. The molecule has 6 rings (SSSR count). The van der Waals surface area contributed by atoms with Gasteiger partial charge in [-0.05, 0) is 18.2 Å². The van der Waals surface area contributed by atoms with Crippen molar-refractivity contribution in [3.63, 3.8) is 0 Å². The number of benzene rings is 3. The van der Waals surface area contributed by atoms with Crippen LogP contribution in [0.1, 0.15) is 29.0 Å². The van der Waals surface area contributed by atoms with Crippen LogP contribution in [0.25, 0.3) is 32.7 Å². The molecule has 0 saturated heterocycles. The minimum absolute atomic E-state index is 0.109. The van der Waals surface area contributed by atoms with Crippen molar-refractivity contribution in [2.75, 3.05) is 0 Å². The fourth-order valence-corrected chi connectivity index (χ4v) is 5.24. The standard InChI is InChI=1S/C27H27N7/c1-32-22-13-7-4-10-17(22)21(29-32)16-20(26-18-11-5-8-14-23(18)33(2)30-26)25(28)27-19-12-6-9-15-24(19)34(3)31-27/h4-15,20,25H,16,28H2,1-3H3. The van der Waals surface area contributed by atoms with E-state index in [0.29, 0.717) is 6.42 Å². The predicted octanol–water partition coefficient (Wildman–Crippen LogP) is 4.37. The first-order valence-electron chi connectivity index (χ1n) is 11.5. The Hall–Kier alpha value is -3.97. The van der Waals surface area contributed by atoms with Gasteiger partial charge in [0.05, 0.1) is 39.7 Å². The maximum absolute atomic E-state index is 7.09. The fraction of sp³-hybridized carbons (Fsp3) is 0.222. The summed E-state index contributed by atoms with van der Waals surface area (Å²) in [5, 5.41) is 18.1. The monoisotopic (exact) mass is 449 g/mol. The highest BCUT2D eigenvalue weighted by atomic mass is 15.3. The summed E-state index contributed by atoms with van der Waals surface area (Å²) < 4.78 is 5.80. The number of hydrogen-bond donors (Lipinski definition) is 1. The van der Waals surface area contributed by atoms with Crippen LogP contribution in [-0.4, -0.2) is 29.3 Å². The molecule has 0 spiro atoms. The van der Waals surface area contributed by atoms with E-state index in [0.717, 1.165) is 49.8 Å². The van der Waals surface area contributed by atoms with Crippen LogP contribution < -0.4 is 5.73 Å². The lowest BCUT2D eigenvalue weighted by Crippen LogP contribution is -2.24. The van der Waals surface area contributed by atoms with E-state index >= 15 is 0 Å². The molecular weight excluding hydrogens is 422 g/mol. The molecule has 2 atom stereocenters. The zero-order valence-electron chi connectivity index (χ0n) is 19.6. The van der Waals surface area contributed by atoms with Gasteiger partial charge in [-0.1, -0.05) is 54.6 Å². The van der Waals surface area contributed by atoms with Gasteiger partial charge in [-0.25, -0.2) is 0 Å². The van der Waals surface area contributed by atoms with Crippen LogP contribution in [0.3, 0.4) is 0 Å². The highest BCUT2D eigenvalue weighted by Gasteiger charge is 2.31. The Bertz CT molecular complexity index is 1650. The highest BCUT2D eigenvalue weighted by molar-refractivity contribution is 5.85. The average molecular weight is 450 g/mol. The minimum Gasteiger partial charge on any atom is -0.322 e. The summed E-state index contributed by atoms with van der Waals surface area (Å²) in [6, 6.07) is 24.6. The van der Waals surface area contributed by atoms with Gasteiger partial charge in [-0.15, -0.1) is 0 Å². The van der Waals surface area contributed by atoms with E-state index in [4.69, 9.17) is 21.0 Å². The Balaban J connectivity index is 1.55. The molecule has 2 unspecified atom stereocenters. The third-order valence-electron chi connectivity index (χ3n) is 6.92. The summed E-state index contributed by atoms with van der Waals surface area (Å²) in [6.45, 7) is 0. The van der Waals surface area contributed by atoms with Crippen LogP contribution in [0.5, 0.6) is 0 Å². The SMILES string of the molecule is Cn1nc(CC(c2nn(C)c3ccccc23)C(N)c2nn(C)c3ccccc23)c2ccccc21. The van der Waals surface area contributed by atoms with E-state index in [1.165, 1.54) is 0 Å². The Morgan fingerprint density at radius 1 is 0.618 bits per heavy atom. The van der Waals surface area contributed by atoms with Gasteiger partial charge >= 0.3 is 0 Å². The van der Waals surface area contributed by atoms with Crippen LogP contribution in [0.2, 0.25) is 0 Å². The van der Waals surface area contributed by atoms with Crippen molar-refractivity contribution in [2.24, 2.45) is 26.9 Å². The zero-order chi connectivity index (χ0) is 23.4. The molecule has 3 aromatic heterocycles. The smallest absolute Gasteiger partial charge is 0.0877 e. The molecule has 7 heteroatoms. The van der Waals surface area contributed by atoms with Crippen LogP contribution in [0, 0.1) is 0 Å².